The van der Waals surface area contributed by atoms with Crippen molar-refractivity contribution in [2.24, 2.45) is 0 Å². The van der Waals surface area contributed by atoms with E-state index in [4.69, 9.17) is 4.74 Å². The molecule has 0 bridgehead atoms. The molecule has 4 rings (SSSR count). The van der Waals surface area contributed by atoms with Gasteiger partial charge in [0.25, 0.3) is 0 Å². The minimum Gasteiger partial charge on any atom is -0.364 e. The monoisotopic (exact) mass is 384 g/mol. The van der Waals surface area contributed by atoms with E-state index in [9.17, 15) is 9.59 Å². The summed E-state index contributed by atoms with van der Waals surface area (Å²) < 4.78 is 7.23. The summed E-state index contributed by atoms with van der Waals surface area (Å²) in [5, 5.41) is 6.69. The van der Waals surface area contributed by atoms with Crippen LogP contribution in [-0.2, 0) is 22.7 Å². The maximum Gasteiger partial charge on any atom is 0.343 e. The highest BCUT2D eigenvalue weighted by atomic mass is 16.5. The number of H-pyrrole nitrogens is 2. The fraction of sp³-hybridized carbons (Fsp3) is 0.474. The number of benzene rings is 1. The summed E-state index contributed by atoms with van der Waals surface area (Å²) in [5.74, 6) is 1.67. The Hall–Kier alpha value is -2.94. The molecule has 1 aliphatic rings. The lowest BCUT2D eigenvalue weighted by molar-refractivity contribution is -0.137. The number of imidazole rings is 1. The summed E-state index contributed by atoms with van der Waals surface area (Å²) in [5.41, 5.74) is 1.67. The maximum absolute atomic E-state index is 12.4. The van der Waals surface area contributed by atoms with Crippen molar-refractivity contribution in [3.63, 3.8) is 0 Å². The van der Waals surface area contributed by atoms with Crippen LogP contribution in [-0.4, -0.2) is 55.2 Å². The number of nitrogens with one attached hydrogen (secondary N) is 2. The first-order valence-electron chi connectivity index (χ1n) is 9.60. The molecule has 1 aliphatic heterocycles. The van der Waals surface area contributed by atoms with Gasteiger partial charge in [-0.05, 0) is 31.9 Å². The second-order valence-electron chi connectivity index (χ2n) is 6.98. The Morgan fingerprint density at radius 3 is 2.82 bits per heavy atom. The number of ether oxygens (including phenoxy) is 1. The summed E-state index contributed by atoms with van der Waals surface area (Å²) in [6, 6.07) is 7.77. The SMILES string of the molecule is CCn1c(C2CCN(C(=O)COCc3nc4ccccc4[nH]3)CC2)n[nH]c1=O. The molecule has 148 valence electrons. The van der Waals surface area contributed by atoms with Crippen molar-refractivity contribution in [2.45, 2.75) is 38.8 Å². The third-order valence-electron chi connectivity index (χ3n) is 5.22. The van der Waals surface area contributed by atoms with Crippen molar-refractivity contribution in [3.8, 4) is 0 Å². The van der Waals surface area contributed by atoms with Crippen LogP contribution < -0.4 is 5.69 Å². The first-order valence-corrected chi connectivity index (χ1v) is 9.60. The molecule has 2 aromatic heterocycles. The van der Waals surface area contributed by atoms with Gasteiger partial charge in [-0.25, -0.2) is 14.9 Å². The third kappa shape index (κ3) is 3.70. The number of amides is 1. The van der Waals surface area contributed by atoms with Crippen molar-refractivity contribution in [1.82, 2.24) is 29.6 Å². The molecule has 3 heterocycles. The average Bonchev–Trinajstić information content (AvgIpc) is 3.30. The number of hydrogen-bond acceptors (Lipinski definition) is 5. The smallest absolute Gasteiger partial charge is 0.343 e. The summed E-state index contributed by atoms with van der Waals surface area (Å²) in [7, 11) is 0. The van der Waals surface area contributed by atoms with Gasteiger partial charge in [0, 0.05) is 25.6 Å². The Kier molecular flexibility index (Phi) is 5.25. The molecule has 0 saturated carbocycles. The van der Waals surface area contributed by atoms with E-state index in [1.165, 1.54) is 0 Å². The summed E-state index contributed by atoms with van der Waals surface area (Å²) >= 11 is 0. The summed E-state index contributed by atoms with van der Waals surface area (Å²) in [6.45, 7) is 4.11. The number of fused-ring (bicyclic) bond motifs is 1. The van der Waals surface area contributed by atoms with Crippen molar-refractivity contribution >= 4 is 16.9 Å². The quantitative estimate of drug-likeness (QED) is 0.668. The van der Waals surface area contributed by atoms with Gasteiger partial charge in [-0.3, -0.25) is 9.36 Å². The van der Waals surface area contributed by atoms with Crippen LogP contribution in [0.2, 0.25) is 0 Å². The van der Waals surface area contributed by atoms with Gasteiger partial charge >= 0.3 is 5.69 Å². The highest BCUT2D eigenvalue weighted by molar-refractivity contribution is 5.77. The van der Waals surface area contributed by atoms with Crippen LogP contribution in [0, 0.1) is 0 Å². The zero-order valence-corrected chi connectivity index (χ0v) is 15.9. The zero-order valence-electron chi connectivity index (χ0n) is 15.9. The van der Waals surface area contributed by atoms with Crippen LogP contribution in [0.15, 0.2) is 29.1 Å². The number of piperidine rings is 1. The van der Waals surface area contributed by atoms with E-state index in [1.54, 1.807) is 4.57 Å². The van der Waals surface area contributed by atoms with Gasteiger partial charge in [0.1, 0.15) is 24.9 Å². The largest absolute Gasteiger partial charge is 0.364 e. The minimum absolute atomic E-state index is 0.0236. The molecule has 0 unspecified atom stereocenters. The molecule has 3 aromatic rings. The molecule has 1 fully saturated rings. The molecule has 9 nitrogen and oxygen atoms in total. The summed E-state index contributed by atoms with van der Waals surface area (Å²) in [4.78, 5) is 33.6. The first kappa shape index (κ1) is 18.4. The zero-order chi connectivity index (χ0) is 19.5. The molecule has 28 heavy (non-hydrogen) atoms. The first-order chi connectivity index (χ1) is 13.7. The number of hydrogen-bond donors (Lipinski definition) is 2. The van der Waals surface area contributed by atoms with Crippen molar-refractivity contribution < 1.29 is 9.53 Å². The molecule has 1 aromatic carbocycles. The number of para-hydroxylation sites is 2. The van der Waals surface area contributed by atoms with Gasteiger partial charge < -0.3 is 14.6 Å². The third-order valence-corrected chi connectivity index (χ3v) is 5.22. The number of carbonyl (C=O) groups excluding carboxylic acids is 1. The second-order valence-corrected chi connectivity index (χ2v) is 6.98. The number of likely N-dealkylation sites (tertiary alicyclic amines) is 1. The molecule has 9 heteroatoms. The molecular weight excluding hydrogens is 360 g/mol. The van der Waals surface area contributed by atoms with Crippen LogP contribution >= 0.6 is 0 Å². The lowest BCUT2D eigenvalue weighted by Gasteiger charge is -2.31. The normalized spacial score (nSPS) is 15.4. The molecular formula is C19H24N6O3. The van der Waals surface area contributed by atoms with E-state index < -0.39 is 0 Å². The Morgan fingerprint density at radius 2 is 2.07 bits per heavy atom. The van der Waals surface area contributed by atoms with Gasteiger partial charge in [-0.15, -0.1) is 0 Å². The molecule has 0 atom stereocenters. The van der Waals surface area contributed by atoms with E-state index in [1.807, 2.05) is 36.1 Å². The fourth-order valence-corrected chi connectivity index (χ4v) is 3.73. The van der Waals surface area contributed by atoms with E-state index in [2.05, 4.69) is 20.2 Å². The van der Waals surface area contributed by atoms with Gasteiger partial charge in [0.15, 0.2) is 0 Å². The Balaban J connectivity index is 1.26. The fourth-order valence-electron chi connectivity index (χ4n) is 3.73. The lowest BCUT2D eigenvalue weighted by Crippen LogP contribution is -2.40. The highest BCUT2D eigenvalue weighted by Crippen LogP contribution is 2.26. The standard InChI is InChI=1S/C19H24N6O3/c1-2-25-18(22-23-19(25)27)13-7-9-24(10-8-13)17(26)12-28-11-16-20-14-5-3-4-6-15(14)21-16/h3-6,13H,2,7-12H2,1H3,(H,20,21)(H,23,27). The number of rotatable bonds is 6. The molecule has 1 amide bonds. The van der Waals surface area contributed by atoms with Crippen molar-refractivity contribution in [3.05, 3.63) is 46.4 Å². The average molecular weight is 384 g/mol. The van der Waals surface area contributed by atoms with Crippen LogP contribution in [0.1, 0.15) is 37.3 Å². The Bertz CT molecular complexity index is 979. The van der Waals surface area contributed by atoms with E-state index in [0.29, 0.717) is 25.5 Å². The topological polar surface area (TPSA) is 109 Å². The molecule has 1 saturated heterocycles. The van der Waals surface area contributed by atoms with Crippen LogP contribution in [0.4, 0.5) is 0 Å². The predicted molar refractivity (Wildman–Crippen MR) is 103 cm³/mol. The maximum atomic E-state index is 12.4. The Labute approximate surface area is 161 Å². The van der Waals surface area contributed by atoms with Gasteiger partial charge in [0.05, 0.1) is 11.0 Å². The predicted octanol–water partition coefficient (Wildman–Crippen LogP) is 1.39. The lowest BCUT2D eigenvalue weighted by atomic mass is 9.96. The number of aromatic amines is 2. The minimum atomic E-state index is -0.171. The van der Waals surface area contributed by atoms with Crippen LogP contribution in [0.3, 0.4) is 0 Å². The van der Waals surface area contributed by atoms with Gasteiger partial charge in [-0.2, -0.15) is 5.10 Å². The number of nitrogens with zero attached hydrogens (tertiary/aromatic N) is 4. The summed E-state index contributed by atoms with van der Waals surface area (Å²) in [6.07, 6.45) is 1.58. The number of aromatic nitrogens is 5. The van der Waals surface area contributed by atoms with Crippen LogP contribution in [0.25, 0.3) is 11.0 Å². The highest BCUT2D eigenvalue weighted by Gasteiger charge is 2.27. The molecule has 0 spiro atoms. The molecule has 0 radical (unpaired) electrons. The molecule has 0 aliphatic carbocycles. The van der Waals surface area contributed by atoms with Gasteiger partial charge in [-0.1, -0.05) is 12.1 Å². The van der Waals surface area contributed by atoms with E-state index in [-0.39, 0.29) is 30.7 Å². The second kappa shape index (κ2) is 7.97. The van der Waals surface area contributed by atoms with Gasteiger partial charge in [0.2, 0.25) is 5.91 Å². The van der Waals surface area contributed by atoms with Crippen molar-refractivity contribution in [1.29, 1.82) is 0 Å². The molecule has 2 N–H and O–H groups in total. The number of carbonyl (C=O) groups is 1. The van der Waals surface area contributed by atoms with E-state index >= 15 is 0 Å². The van der Waals surface area contributed by atoms with Crippen LogP contribution in [0.5, 0.6) is 0 Å². The van der Waals surface area contributed by atoms with E-state index in [0.717, 1.165) is 29.7 Å². The van der Waals surface area contributed by atoms with Crippen molar-refractivity contribution in [2.75, 3.05) is 19.7 Å². The Morgan fingerprint density at radius 1 is 1.29 bits per heavy atom.